The number of epoxide rings is 1. The van der Waals surface area contributed by atoms with Crippen LogP contribution in [-0.4, -0.2) is 41.1 Å². The van der Waals surface area contributed by atoms with Crippen molar-refractivity contribution in [1.82, 2.24) is 0 Å². The second kappa shape index (κ2) is 3.85. The first-order valence-corrected chi connectivity index (χ1v) is 5.81. The van der Waals surface area contributed by atoms with Gasteiger partial charge in [0.05, 0.1) is 18.5 Å². The van der Waals surface area contributed by atoms with E-state index in [0.717, 1.165) is 38.4 Å². The van der Waals surface area contributed by atoms with Gasteiger partial charge in [-0.2, -0.15) is 0 Å². The van der Waals surface area contributed by atoms with Gasteiger partial charge in [-0.15, -0.1) is 0 Å². The second-order valence-electron chi connectivity index (χ2n) is 3.31. The molecule has 1 unspecified atom stereocenters. The quantitative estimate of drug-likeness (QED) is 0.601. The van der Waals surface area contributed by atoms with E-state index in [1.54, 1.807) is 0 Å². The molecule has 0 aromatic rings. The van der Waals surface area contributed by atoms with E-state index in [0.29, 0.717) is 11.4 Å². The summed E-state index contributed by atoms with van der Waals surface area (Å²) in [6.45, 7) is 2.37. The molecular weight excluding hydrogens is 176 g/mol. The van der Waals surface area contributed by atoms with Crippen molar-refractivity contribution >= 4 is 10.8 Å². The molecule has 2 aliphatic rings. The van der Waals surface area contributed by atoms with Crippen LogP contribution in [0.3, 0.4) is 0 Å². The molecule has 0 aliphatic carbocycles. The highest BCUT2D eigenvalue weighted by atomic mass is 32.2. The second-order valence-corrected chi connectivity index (χ2v) is 5.08. The molecule has 0 spiro atoms. The van der Waals surface area contributed by atoms with Gasteiger partial charge in [-0.1, -0.05) is 0 Å². The lowest BCUT2D eigenvalue weighted by atomic mass is 10.2. The molecule has 0 radical (unpaired) electrons. The van der Waals surface area contributed by atoms with Gasteiger partial charge in [-0.25, -0.2) is 0 Å². The minimum Gasteiger partial charge on any atom is -0.381 e. The minimum atomic E-state index is -0.679. The normalized spacial score (nSPS) is 33.2. The lowest BCUT2D eigenvalue weighted by molar-refractivity contribution is 0.0992. The lowest BCUT2D eigenvalue weighted by Gasteiger charge is -2.20. The van der Waals surface area contributed by atoms with E-state index in [-0.39, 0.29) is 0 Å². The van der Waals surface area contributed by atoms with Gasteiger partial charge >= 0.3 is 0 Å². The fourth-order valence-corrected chi connectivity index (χ4v) is 2.97. The highest BCUT2D eigenvalue weighted by Gasteiger charge is 2.29. The van der Waals surface area contributed by atoms with Gasteiger partial charge in [-0.05, 0) is 12.8 Å². The van der Waals surface area contributed by atoms with Crippen molar-refractivity contribution in [3.8, 4) is 0 Å². The summed E-state index contributed by atoms with van der Waals surface area (Å²) in [7, 11) is -0.679. The van der Waals surface area contributed by atoms with Gasteiger partial charge in [-0.3, -0.25) is 4.21 Å². The van der Waals surface area contributed by atoms with Crippen molar-refractivity contribution in [3.05, 3.63) is 0 Å². The molecule has 0 bridgehead atoms. The molecule has 2 atom stereocenters. The van der Waals surface area contributed by atoms with Crippen LogP contribution >= 0.6 is 0 Å². The third-order valence-corrected chi connectivity index (χ3v) is 4.21. The Kier molecular flexibility index (Phi) is 2.78. The Labute approximate surface area is 74.9 Å². The molecular formula is C8H14O3S. The van der Waals surface area contributed by atoms with Crippen molar-refractivity contribution in [2.24, 2.45) is 0 Å². The number of hydrogen-bond acceptors (Lipinski definition) is 3. The molecule has 0 amide bonds. The molecule has 2 fully saturated rings. The van der Waals surface area contributed by atoms with E-state index in [1.165, 1.54) is 0 Å². The van der Waals surface area contributed by atoms with Gasteiger partial charge in [0.1, 0.15) is 0 Å². The zero-order valence-corrected chi connectivity index (χ0v) is 7.85. The SMILES string of the molecule is O=S(C[C@@H]1CO1)C1CCOCC1. The average Bonchev–Trinajstić information content (AvgIpc) is 2.90. The van der Waals surface area contributed by atoms with Crippen LogP contribution in [0.15, 0.2) is 0 Å². The van der Waals surface area contributed by atoms with E-state index in [2.05, 4.69) is 0 Å². The molecule has 70 valence electrons. The van der Waals surface area contributed by atoms with Gasteiger partial charge in [0.25, 0.3) is 0 Å². The zero-order valence-electron chi connectivity index (χ0n) is 7.03. The smallest absolute Gasteiger partial charge is 0.0924 e. The van der Waals surface area contributed by atoms with Crippen molar-refractivity contribution in [3.63, 3.8) is 0 Å². The van der Waals surface area contributed by atoms with E-state index in [4.69, 9.17) is 9.47 Å². The zero-order chi connectivity index (χ0) is 8.39. The molecule has 0 saturated carbocycles. The molecule has 0 N–H and O–H groups in total. The van der Waals surface area contributed by atoms with Crippen LogP contribution in [0.4, 0.5) is 0 Å². The molecule has 2 rings (SSSR count). The van der Waals surface area contributed by atoms with E-state index in [1.807, 2.05) is 0 Å². The summed E-state index contributed by atoms with van der Waals surface area (Å²) < 4.78 is 21.9. The van der Waals surface area contributed by atoms with Crippen molar-refractivity contribution in [1.29, 1.82) is 0 Å². The third kappa shape index (κ3) is 2.28. The summed E-state index contributed by atoms with van der Waals surface area (Å²) in [4.78, 5) is 0. The van der Waals surface area contributed by atoms with Gasteiger partial charge in [0.15, 0.2) is 0 Å². The first-order chi connectivity index (χ1) is 5.86. The monoisotopic (exact) mass is 190 g/mol. The summed E-state index contributed by atoms with van der Waals surface area (Å²) in [6.07, 6.45) is 2.22. The third-order valence-electron chi connectivity index (χ3n) is 2.29. The maximum absolute atomic E-state index is 11.6. The summed E-state index contributed by atoms with van der Waals surface area (Å²) in [5, 5.41) is 0.364. The topological polar surface area (TPSA) is 38.8 Å². The average molecular weight is 190 g/mol. The Hall–Kier alpha value is 0.0700. The number of ether oxygens (including phenoxy) is 2. The predicted octanol–water partition coefficient (Wildman–Crippen LogP) is 0.313. The number of hydrogen-bond donors (Lipinski definition) is 0. The molecule has 2 heterocycles. The fraction of sp³-hybridized carbons (Fsp3) is 1.00. The molecule has 4 heteroatoms. The maximum atomic E-state index is 11.6. The van der Waals surface area contributed by atoms with Crippen LogP contribution in [0.5, 0.6) is 0 Å². The first-order valence-electron chi connectivity index (χ1n) is 4.43. The van der Waals surface area contributed by atoms with Crippen molar-refractivity contribution in [2.75, 3.05) is 25.6 Å². The van der Waals surface area contributed by atoms with E-state index >= 15 is 0 Å². The summed E-state index contributed by atoms with van der Waals surface area (Å²) in [6, 6.07) is 0. The highest BCUT2D eigenvalue weighted by molar-refractivity contribution is 7.85. The largest absolute Gasteiger partial charge is 0.381 e. The van der Waals surface area contributed by atoms with Crippen LogP contribution in [0, 0.1) is 0 Å². The minimum absolute atomic E-state index is 0.300. The van der Waals surface area contributed by atoms with E-state index < -0.39 is 10.8 Å². The lowest BCUT2D eigenvalue weighted by Crippen LogP contribution is -2.27. The molecule has 2 aliphatic heterocycles. The Morgan fingerprint density at radius 3 is 2.58 bits per heavy atom. The van der Waals surface area contributed by atoms with Gasteiger partial charge < -0.3 is 9.47 Å². The molecule has 0 aromatic carbocycles. The number of rotatable bonds is 3. The fourth-order valence-electron chi connectivity index (χ4n) is 1.42. The molecule has 0 aromatic heterocycles. The summed E-state index contributed by atoms with van der Waals surface area (Å²) in [5.41, 5.74) is 0. The van der Waals surface area contributed by atoms with Crippen molar-refractivity contribution < 1.29 is 13.7 Å². The first kappa shape index (κ1) is 8.66. The Bertz CT molecular complexity index is 173. The highest BCUT2D eigenvalue weighted by Crippen LogP contribution is 2.18. The van der Waals surface area contributed by atoms with Crippen molar-refractivity contribution in [2.45, 2.75) is 24.2 Å². The van der Waals surface area contributed by atoms with Crippen LogP contribution in [-0.2, 0) is 20.3 Å². The standard InChI is InChI=1S/C8H14O3S/c9-12(6-7-5-11-7)8-1-3-10-4-2-8/h7-8H,1-6H2/t7-,12?/m0/s1. The van der Waals surface area contributed by atoms with Crippen LogP contribution < -0.4 is 0 Å². The summed E-state index contributed by atoms with van der Waals surface area (Å²) in [5.74, 6) is 0.741. The Morgan fingerprint density at radius 1 is 1.33 bits per heavy atom. The molecule has 3 nitrogen and oxygen atoms in total. The van der Waals surface area contributed by atoms with E-state index in [9.17, 15) is 4.21 Å². The maximum Gasteiger partial charge on any atom is 0.0924 e. The van der Waals surface area contributed by atoms with Gasteiger partial charge in [0, 0.05) is 29.3 Å². The van der Waals surface area contributed by atoms with Crippen LogP contribution in [0.2, 0.25) is 0 Å². The molecule has 12 heavy (non-hydrogen) atoms. The summed E-state index contributed by atoms with van der Waals surface area (Å²) >= 11 is 0. The Morgan fingerprint density at radius 2 is 2.00 bits per heavy atom. The molecule has 2 saturated heterocycles. The predicted molar refractivity (Wildman–Crippen MR) is 46.6 cm³/mol. The van der Waals surface area contributed by atoms with Crippen LogP contribution in [0.1, 0.15) is 12.8 Å². The van der Waals surface area contributed by atoms with Gasteiger partial charge in [0.2, 0.25) is 0 Å². The van der Waals surface area contributed by atoms with Crippen LogP contribution in [0.25, 0.3) is 0 Å². The Balaban J connectivity index is 1.76.